The van der Waals surface area contributed by atoms with Crippen LogP contribution in [0.4, 0.5) is 0 Å². The third-order valence-corrected chi connectivity index (χ3v) is 4.63. The molecule has 2 aliphatic carbocycles. The van der Waals surface area contributed by atoms with E-state index in [1.54, 1.807) is 7.11 Å². The summed E-state index contributed by atoms with van der Waals surface area (Å²) in [5, 5.41) is 4.38. The van der Waals surface area contributed by atoms with Crippen LogP contribution in [-0.2, 0) is 6.54 Å². The molecule has 0 radical (unpaired) electrons. The number of hydrogen-bond donors (Lipinski definition) is 1. The molecule has 1 aromatic rings. The summed E-state index contributed by atoms with van der Waals surface area (Å²) >= 11 is 6.05. The molecule has 2 saturated carbocycles. The molecule has 0 bridgehead atoms. The lowest BCUT2D eigenvalue weighted by molar-refractivity contribution is 0.373. The summed E-state index contributed by atoms with van der Waals surface area (Å²) in [4.78, 5) is 0. The quantitative estimate of drug-likeness (QED) is 0.818. The molecule has 0 saturated heterocycles. The zero-order valence-corrected chi connectivity index (χ0v) is 12.2. The van der Waals surface area contributed by atoms with Crippen molar-refractivity contribution >= 4 is 11.6 Å². The zero-order chi connectivity index (χ0) is 13.2. The largest absolute Gasteiger partial charge is 0.496 e. The Bertz CT molecular complexity index is 428. The molecule has 19 heavy (non-hydrogen) atoms. The van der Waals surface area contributed by atoms with Gasteiger partial charge in [0.25, 0.3) is 0 Å². The predicted octanol–water partition coefficient (Wildman–Crippen LogP) is 3.87. The van der Waals surface area contributed by atoms with Crippen molar-refractivity contribution < 1.29 is 4.74 Å². The number of nitrogens with one attached hydrogen (secondary N) is 1. The Hall–Kier alpha value is -0.730. The van der Waals surface area contributed by atoms with Crippen LogP contribution in [0.2, 0.25) is 5.02 Å². The topological polar surface area (TPSA) is 21.3 Å². The van der Waals surface area contributed by atoms with Crippen LogP contribution in [0.25, 0.3) is 0 Å². The van der Waals surface area contributed by atoms with E-state index >= 15 is 0 Å². The lowest BCUT2D eigenvalue weighted by Gasteiger charge is -2.17. The number of rotatable bonds is 7. The molecule has 0 atom stereocenters. The smallest absolute Gasteiger partial charge is 0.123 e. The molecule has 2 aliphatic rings. The van der Waals surface area contributed by atoms with Crippen molar-refractivity contribution in [1.29, 1.82) is 0 Å². The van der Waals surface area contributed by atoms with Crippen molar-refractivity contribution in [3.8, 4) is 5.75 Å². The molecule has 2 nitrogen and oxygen atoms in total. The van der Waals surface area contributed by atoms with Crippen LogP contribution in [0, 0.1) is 17.8 Å². The molecule has 0 unspecified atom stereocenters. The maximum absolute atomic E-state index is 6.05. The SMILES string of the molecule is COc1ccc(Cl)cc1CNCC(C1CC1)C1CC1. The molecule has 2 fully saturated rings. The van der Waals surface area contributed by atoms with Gasteiger partial charge in [-0.05, 0) is 68.2 Å². The van der Waals surface area contributed by atoms with Gasteiger partial charge >= 0.3 is 0 Å². The number of methoxy groups -OCH3 is 1. The molecule has 0 aromatic heterocycles. The van der Waals surface area contributed by atoms with E-state index < -0.39 is 0 Å². The van der Waals surface area contributed by atoms with Gasteiger partial charge in [0, 0.05) is 17.1 Å². The van der Waals surface area contributed by atoms with Gasteiger partial charge in [-0.3, -0.25) is 0 Å². The third kappa shape index (κ3) is 3.43. The van der Waals surface area contributed by atoms with Gasteiger partial charge in [-0.15, -0.1) is 0 Å². The van der Waals surface area contributed by atoms with E-state index in [0.717, 1.165) is 47.2 Å². The van der Waals surface area contributed by atoms with Gasteiger partial charge in [0.05, 0.1) is 7.11 Å². The Morgan fingerprint density at radius 1 is 1.26 bits per heavy atom. The number of hydrogen-bond acceptors (Lipinski definition) is 2. The number of ether oxygens (including phenoxy) is 1. The van der Waals surface area contributed by atoms with Crippen LogP contribution in [-0.4, -0.2) is 13.7 Å². The summed E-state index contributed by atoms with van der Waals surface area (Å²) in [6.07, 6.45) is 5.79. The van der Waals surface area contributed by atoms with E-state index in [2.05, 4.69) is 5.32 Å². The fraction of sp³-hybridized carbons (Fsp3) is 0.625. The van der Waals surface area contributed by atoms with E-state index in [1.165, 1.54) is 25.7 Å². The molecule has 0 aliphatic heterocycles. The van der Waals surface area contributed by atoms with E-state index in [0.29, 0.717) is 0 Å². The highest BCUT2D eigenvalue weighted by molar-refractivity contribution is 6.30. The van der Waals surface area contributed by atoms with Crippen LogP contribution in [0.15, 0.2) is 18.2 Å². The van der Waals surface area contributed by atoms with Crippen LogP contribution in [0.1, 0.15) is 31.2 Å². The van der Waals surface area contributed by atoms with Crippen molar-refractivity contribution in [1.82, 2.24) is 5.32 Å². The standard InChI is InChI=1S/C16H22ClNO/c1-19-16-7-6-14(17)8-13(16)9-18-10-15(11-2-3-11)12-4-5-12/h6-8,11-12,15,18H,2-5,9-10H2,1H3. The van der Waals surface area contributed by atoms with Gasteiger partial charge < -0.3 is 10.1 Å². The van der Waals surface area contributed by atoms with Gasteiger partial charge in [-0.25, -0.2) is 0 Å². The summed E-state index contributed by atoms with van der Waals surface area (Å²) in [6, 6.07) is 5.82. The highest BCUT2D eigenvalue weighted by Gasteiger charge is 2.40. The maximum atomic E-state index is 6.05. The van der Waals surface area contributed by atoms with Gasteiger partial charge in [0.2, 0.25) is 0 Å². The monoisotopic (exact) mass is 279 g/mol. The average molecular weight is 280 g/mol. The fourth-order valence-electron chi connectivity index (χ4n) is 3.03. The molecular weight excluding hydrogens is 258 g/mol. The predicted molar refractivity (Wildman–Crippen MR) is 78.6 cm³/mol. The Kier molecular flexibility index (Phi) is 3.99. The van der Waals surface area contributed by atoms with Crippen LogP contribution >= 0.6 is 11.6 Å². The number of benzene rings is 1. The van der Waals surface area contributed by atoms with E-state index in [9.17, 15) is 0 Å². The second kappa shape index (κ2) is 5.72. The van der Waals surface area contributed by atoms with Crippen molar-refractivity contribution in [2.24, 2.45) is 17.8 Å². The Balaban J connectivity index is 1.55. The fourth-order valence-corrected chi connectivity index (χ4v) is 3.22. The van der Waals surface area contributed by atoms with Gasteiger partial charge in [-0.1, -0.05) is 11.6 Å². The van der Waals surface area contributed by atoms with Crippen LogP contribution < -0.4 is 10.1 Å². The Morgan fingerprint density at radius 3 is 2.53 bits per heavy atom. The molecule has 3 rings (SSSR count). The molecular formula is C16H22ClNO. The van der Waals surface area contributed by atoms with Gasteiger partial charge in [0.15, 0.2) is 0 Å². The molecule has 3 heteroatoms. The van der Waals surface area contributed by atoms with Crippen molar-refractivity contribution in [2.45, 2.75) is 32.2 Å². The molecule has 104 valence electrons. The first kappa shape index (κ1) is 13.3. The normalized spacial score (nSPS) is 18.9. The van der Waals surface area contributed by atoms with Crippen molar-refractivity contribution in [3.63, 3.8) is 0 Å². The van der Waals surface area contributed by atoms with Crippen LogP contribution in [0.5, 0.6) is 5.75 Å². The first-order chi connectivity index (χ1) is 9.28. The van der Waals surface area contributed by atoms with Crippen molar-refractivity contribution in [3.05, 3.63) is 28.8 Å². The zero-order valence-electron chi connectivity index (χ0n) is 11.5. The van der Waals surface area contributed by atoms with Crippen molar-refractivity contribution in [2.75, 3.05) is 13.7 Å². The summed E-state index contributed by atoms with van der Waals surface area (Å²) < 4.78 is 5.38. The summed E-state index contributed by atoms with van der Waals surface area (Å²) in [7, 11) is 1.71. The summed E-state index contributed by atoms with van der Waals surface area (Å²) in [6.45, 7) is 1.99. The minimum absolute atomic E-state index is 0.776. The molecule has 0 heterocycles. The second-order valence-electron chi connectivity index (χ2n) is 5.93. The Labute approximate surface area is 120 Å². The molecule has 1 N–H and O–H groups in total. The first-order valence-corrected chi connectivity index (χ1v) is 7.69. The van der Waals surface area contributed by atoms with E-state index in [1.807, 2.05) is 18.2 Å². The highest BCUT2D eigenvalue weighted by Crippen LogP contribution is 2.48. The molecule has 0 amide bonds. The third-order valence-electron chi connectivity index (χ3n) is 4.39. The highest BCUT2D eigenvalue weighted by atomic mass is 35.5. The minimum atomic E-state index is 0.776. The first-order valence-electron chi connectivity index (χ1n) is 7.31. The minimum Gasteiger partial charge on any atom is -0.496 e. The Morgan fingerprint density at radius 2 is 1.95 bits per heavy atom. The lowest BCUT2D eigenvalue weighted by atomic mass is 9.98. The number of halogens is 1. The summed E-state index contributed by atoms with van der Waals surface area (Å²) in [5.41, 5.74) is 1.15. The average Bonchev–Trinajstić information content (AvgIpc) is 3.28. The lowest BCUT2D eigenvalue weighted by Crippen LogP contribution is -2.25. The molecule has 0 spiro atoms. The van der Waals surface area contributed by atoms with E-state index in [4.69, 9.17) is 16.3 Å². The second-order valence-corrected chi connectivity index (χ2v) is 6.36. The van der Waals surface area contributed by atoms with Gasteiger partial charge in [-0.2, -0.15) is 0 Å². The van der Waals surface area contributed by atoms with Gasteiger partial charge in [0.1, 0.15) is 5.75 Å². The van der Waals surface area contributed by atoms with Crippen LogP contribution in [0.3, 0.4) is 0 Å². The molecule has 1 aromatic carbocycles. The summed E-state index contributed by atoms with van der Waals surface area (Å²) in [5.74, 6) is 3.83. The van der Waals surface area contributed by atoms with E-state index in [-0.39, 0.29) is 0 Å². The maximum Gasteiger partial charge on any atom is 0.123 e.